The van der Waals surface area contributed by atoms with Crippen LogP contribution in [0.2, 0.25) is 0 Å². The molecule has 0 radical (unpaired) electrons. The summed E-state index contributed by atoms with van der Waals surface area (Å²) in [4.78, 5) is 56.1. The number of carbonyl (C=O) groups excluding carboxylic acids is 3. The van der Waals surface area contributed by atoms with Crippen LogP contribution in [0, 0.1) is 0 Å². The van der Waals surface area contributed by atoms with Gasteiger partial charge in [0.05, 0.1) is 6.10 Å². The largest absolute Gasteiger partial charge is 0.480 e. The van der Waals surface area contributed by atoms with Crippen molar-refractivity contribution in [1.29, 1.82) is 0 Å². The molecule has 176 valence electrons. The van der Waals surface area contributed by atoms with Gasteiger partial charge in [-0.25, -0.2) is 4.79 Å². The highest BCUT2D eigenvalue weighted by Gasteiger charge is 2.61. The molecule has 3 fully saturated rings. The first-order valence-electron chi connectivity index (χ1n) is 11.2. The van der Waals surface area contributed by atoms with Gasteiger partial charge in [0.2, 0.25) is 17.7 Å². The molecule has 2 aliphatic heterocycles. The van der Waals surface area contributed by atoms with E-state index in [0.29, 0.717) is 19.4 Å². The fourth-order valence-corrected chi connectivity index (χ4v) is 5.04. The summed E-state index contributed by atoms with van der Waals surface area (Å²) < 4.78 is 5.34. The van der Waals surface area contributed by atoms with Crippen LogP contribution in [0.4, 0.5) is 0 Å². The van der Waals surface area contributed by atoms with Crippen molar-refractivity contribution in [2.45, 2.75) is 49.4 Å². The van der Waals surface area contributed by atoms with Gasteiger partial charge in [0.15, 0.2) is 0 Å². The van der Waals surface area contributed by atoms with E-state index < -0.39 is 29.5 Å². The van der Waals surface area contributed by atoms with Crippen molar-refractivity contribution in [2.24, 2.45) is 0 Å². The van der Waals surface area contributed by atoms with Crippen molar-refractivity contribution in [1.82, 2.24) is 14.7 Å². The topological polar surface area (TPSA) is 107 Å². The first-order chi connectivity index (χ1) is 15.8. The van der Waals surface area contributed by atoms with Gasteiger partial charge in [0.1, 0.15) is 17.6 Å². The van der Waals surface area contributed by atoms with Gasteiger partial charge in [-0.2, -0.15) is 0 Å². The maximum atomic E-state index is 13.8. The zero-order chi connectivity index (χ0) is 23.8. The van der Waals surface area contributed by atoms with Crippen LogP contribution in [0.15, 0.2) is 43.0 Å². The van der Waals surface area contributed by atoms with Crippen molar-refractivity contribution in [3.63, 3.8) is 0 Å². The van der Waals surface area contributed by atoms with E-state index in [4.69, 9.17) is 4.74 Å². The normalized spacial score (nSPS) is 24.6. The zero-order valence-electron chi connectivity index (χ0n) is 18.7. The van der Waals surface area contributed by atoms with Gasteiger partial charge < -0.3 is 24.5 Å². The van der Waals surface area contributed by atoms with Crippen LogP contribution in [0.3, 0.4) is 0 Å². The van der Waals surface area contributed by atoms with Gasteiger partial charge in [-0.05, 0) is 24.5 Å². The molecule has 3 amide bonds. The third-order valence-electron chi connectivity index (χ3n) is 7.00. The van der Waals surface area contributed by atoms with E-state index >= 15 is 0 Å². The number of amides is 3. The number of carbonyl (C=O) groups is 4. The molecule has 1 N–H and O–H groups in total. The van der Waals surface area contributed by atoms with Crippen LogP contribution >= 0.6 is 0 Å². The van der Waals surface area contributed by atoms with Crippen LogP contribution in [-0.4, -0.2) is 94.0 Å². The minimum absolute atomic E-state index is 0.159. The van der Waals surface area contributed by atoms with E-state index in [1.807, 2.05) is 30.3 Å². The number of carboxylic acid groups (broad SMARTS) is 1. The van der Waals surface area contributed by atoms with Crippen LogP contribution in [0.1, 0.15) is 24.8 Å². The van der Waals surface area contributed by atoms with Crippen molar-refractivity contribution in [3.05, 3.63) is 48.6 Å². The van der Waals surface area contributed by atoms with E-state index in [1.54, 1.807) is 9.80 Å². The number of rotatable bonds is 7. The predicted octanol–water partition coefficient (Wildman–Crippen LogP) is 0.688. The fraction of sp³-hybridized carbons (Fsp3) is 0.500. The monoisotopic (exact) mass is 455 g/mol. The third-order valence-corrected chi connectivity index (χ3v) is 7.00. The number of piperazine rings is 1. The highest BCUT2D eigenvalue weighted by molar-refractivity contribution is 6.00. The number of aliphatic carboxylic acids is 1. The molecule has 0 bridgehead atoms. The molecule has 3 aliphatic rings. The summed E-state index contributed by atoms with van der Waals surface area (Å²) in [6.45, 7) is 4.20. The zero-order valence-corrected chi connectivity index (χ0v) is 18.7. The van der Waals surface area contributed by atoms with Crippen molar-refractivity contribution < 1.29 is 29.0 Å². The van der Waals surface area contributed by atoms with Gasteiger partial charge in [-0.3, -0.25) is 14.4 Å². The molecule has 9 nitrogen and oxygen atoms in total. The molecule has 33 heavy (non-hydrogen) atoms. The molecule has 2 saturated heterocycles. The molecular formula is C24H29N3O6. The average molecular weight is 456 g/mol. The second-order valence-corrected chi connectivity index (χ2v) is 8.87. The Morgan fingerprint density at radius 3 is 2.52 bits per heavy atom. The average Bonchev–Trinajstić information content (AvgIpc) is 3.48. The molecule has 9 heteroatoms. The number of likely N-dealkylation sites (tertiary alicyclic amines) is 1. The summed E-state index contributed by atoms with van der Waals surface area (Å²) in [7, 11) is 1.50. The summed E-state index contributed by atoms with van der Waals surface area (Å²) in [5, 5.41) is 9.71. The minimum Gasteiger partial charge on any atom is -0.480 e. The predicted molar refractivity (Wildman–Crippen MR) is 118 cm³/mol. The van der Waals surface area contributed by atoms with Gasteiger partial charge in [0, 0.05) is 39.6 Å². The van der Waals surface area contributed by atoms with Gasteiger partial charge in [-0.1, -0.05) is 36.9 Å². The lowest BCUT2D eigenvalue weighted by Crippen LogP contribution is -2.65. The van der Waals surface area contributed by atoms with Crippen LogP contribution < -0.4 is 0 Å². The number of methoxy groups -OCH3 is 1. The smallest absolute Gasteiger partial charge is 0.326 e. The molecule has 0 aromatic heterocycles. The number of hydrogen-bond acceptors (Lipinski definition) is 5. The summed E-state index contributed by atoms with van der Waals surface area (Å²) >= 11 is 0. The Labute approximate surface area is 192 Å². The minimum atomic E-state index is -1.09. The molecule has 1 aliphatic carbocycles. The molecule has 4 rings (SSSR count). The SMILES string of the molecule is C=CC(=O)N1CCN([C@@H](Cc2ccccc2)C(=O)N2C[C@H](OC)C[C@H]2C(=O)O)C(=O)C12CC2. The summed E-state index contributed by atoms with van der Waals surface area (Å²) in [6.07, 6.45) is 2.39. The number of carboxylic acids is 1. The highest BCUT2D eigenvalue weighted by atomic mass is 16.5. The van der Waals surface area contributed by atoms with Crippen LogP contribution in [0.5, 0.6) is 0 Å². The third kappa shape index (κ3) is 4.13. The molecule has 0 unspecified atom stereocenters. The lowest BCUT2D eigenvalue weighted by Gasteiger charge is -2.44. The van der Waals surface area contributed by atoms with Gasteiger partial charge in [-0.15, -0.1) is 0 Å². The Bertz CT molecular complexity index is 960. The maximum Gasteiger partial charge on any atom is 0.326 e. The molecular weight excluding hydrogens is 426 g/mol. The lowest BCUT2D eigenvalue weighted by molar-refractivity contribution is -0.160. The van der Waals surface area contributed by atoms with Gasteiger partial charge >= 0.3 is 5.97 Å². The molecule has 3 atom stereocenters. The number of ether oxygens (including phenoxy) is 1. The number of benzene rings is 1. The number of hydrogen-bond donors (Lipinski definition) is 1. The van der Waals surface area contributed by atoms with E-state index in [9.17, 15) is 24.3 Å². The maximum absolute atomic E-state index is 13.8. The van der Waals surface area contributed by atoms with E-state index in [0.717, 1.165) is 5.56 Å². The Hall–Kier alpha value is -3.20. The summed E-state index contributed by atoms with van der Waals surface area (Å²) in [6, 6.07) is 7.48. The second-order valence-electron chi connectivity index (χ2n) is 8.87. The Morgan fingerprint density at radius 1 is 1.24 bits per heavy atom. The van der Waals surface area contributed by atoms with E-state index in [1.165, 1.54) is 18.1 Å². The van der Waals surface area contributed by atoms with Crippen molar-refractivity contribution in [3.8, 4) is 0 Å². The second kappa shape index (κ2) is 8.97. The standard InChI is InChI=1S/C24H29N3O6/c1-3-20(28)27-12-11-25(23(32)24(27)9-10-24)18(13-16-7-5-4-6-8-16)21(29)26-15-17(33-2)14-19(26)22(30)31/h3-8,17-19H,1,9-15H2,2H3,(H,30,31)/t17-,18+,19+/m1/s1. The summed E-state index contributed by atoms with van der Waals surface area (Å²) in [5.41, 5.74) is -0.0576. The van der Waals surface area contributed by atoms with E-state index in [2.05, 4.69) is 6.58 Å². The Morgan fingerprint density at radius 2 is 1.94 bits per heavy atom. The Kier molecular flexibility index (Phi) is 6.25. The number of nitrogens with zero attached hydrogens (tertiary/aromatic N) is 3. The highest BCUT2D eigenvalue weighted by Crippen LogP contribution is 2.46. The first kappa shape index (κ1) is 23.0. The van der Waals surface area contributed by atoms with Crippen molar-refractivity contribution in [2.75, 3.05) is 26.7 Å². The van der Waals surface area contributed by atoms with Crippen molar-refractivity contribution >= 4 is 23.7 Å². The van der Waals surface area contributed by atoms with Gasteiger partial charge in [0.25, 0.3) is 0 Å². The van der Waals surface area contributed by atoms with Crippen LogP contribution in [-0.2, 0) is 30.3 Å². The molecule has 1 saturated carbocycles. The Balaban J connectivity index is 1.65. The quantitative estimate of drug-likeness (QED) is 0.606. The van der Waals surface area contributed by atoms with Crippen LogP contribution in [0.25, 0.3) is 0 Å². The molecule has 2 heterocycles. The molecule has 1 aromatic carbocycles. The first-order valence-corrected chi connectivity index (χ1v) is 11.2. The molecule has 1 spiro atoms. The molecule has 1 aromatic rings. The fourth-order valence-electron chi connectivity index (χ4n) is 5.04. The lowest BCUT2D eigenvalue weighted by atomic mass is 9.99. The summed E-state index contributed by atoms with van der Waals surface area (Å²) in [5.74, 6) is -2.04. The van der Waals surface area contributed by atoms with E-state index in [-0.39, 0.29) is 43.8 Å².